The Morgan fingerprint density at radius 2 is 2.00 bits per heavy atom. The van der Waals surface area contributed by atoms with Gasteiger partial charge in [0.1, 0.15) is 6.29 Å². The van der Waals surface area contributed by atoms with E-state index in [0.29, 0.717) is 0 Å². The molecule has 17 heavy (non-hydrogen) atoms. The van der Waals surface area contributed by atoms with Crippen LogP contribution in [0.1, 0.15) is 50.3 Å². The molecule has 0 radical (unpaired) electrons. The lowest BCUT2D eigenvalue weighted by Crippen LogP contribution is -2.12. The Morgan fingerprint density at radius 3 is 2.65 bits per heavy atom. The van der Waals surface area contributed by atoms with Crippen LogP contribution in [0.15, 0.2) is 18.2 Å². The van der Waals surface area contributed by atoms with Crippen LogP contribution in [0.4, 0.5) is 0 Å². The molecule has 1 heteroatoms. The van der Waals surface area contributed by atoms with Crippen molar-refractivity contribution >= 4 is 6.29 Å². The van der Waals surface area contributed by atoms with Crippen LogP contribution in [0.5, 0.6) is 0 Å². The maximum Gasteiger partial charge on any atom is 0.123 e. The number of rotatable bonds is 1. The first-order valence-electron chi connectivity index (χ1n) is 6.58. The molecule has 0 aliphatic heterocycles. The summed E-state index contributed by atoms with van der Waals surface area (Å²) in [6, 6.07) is 6.81. The van der Waals surface area contributed by atoms with Crippen molar-refractivity contribution in [1.82, 2.24) is 0 Å². The maximum atomic E-state index is 10.9. The SMILES string of the molecule is CC(C)(C)c1ccc2c(c1)CCC[C@@H](C=O)C2. The lowest BCUT2D eigenvalue weighted by molar-refractivity contribution is -0.111. The highest BCUT2D eigenvalue weighted by atomic mass is 16.1. The first-order valence-corrected chi connectivity index (χ1v) is 6.58. The van der Waals surface area contributed by atoms with Crippen LogP contribution in [0.2, 0.25) is 0 Å². The zero-order valence-corrected chi connectivity index (χ0v) is 11.1. The average molecular weight is 230 g/mol. The Morgan fingerprint density at radius 1 is 1.24 bits per heavy atom. The summed E-state index contributed by atoms with van der Waals surface area (Å²) < 4.78 is 0. The van der Waals surface area contributed by atoms with E-state index in [1.54, 1.807) is 0 Å². The largest absolute Gasteiger partial charge is 0.303 e. The third-order valence-electron chi connectivity index (χ3n) is 3.77. The number of benzene rings is 1. The number of carbonyl (C=O) groups excluding carboxylic acids is 1. The van der Waals surface area contributed by atoms with E-state index in [0.717, 1.165) is 32.0 Å². The summed E-state index contributed by atoms with van der Waals surface area (Å²) in [7, 11) is 0. The second kappa shape index (κ2) is 4.64. The minimum absolute atomic E-state index is 0.214. The number of aldehydes is 1. The second-order valence-corrected chi connectivity index (χ2v) is 6.23. The van der Waals surface area contributed by atoms with Crippen molar-refractivity contribution in [3.63, 3.8) is 0 Å². The zero-order chi connectivity index (χ0) is 12.5. The summed E-state index contributed by atoms with van der Waals surface area (Å²) in [6.07, 6.45) is 5.38. The van der Waals surface area contributed by atoms with Crippen LogP contribution in [0, 0.1) is 5.92 Å². The minimum atomic E-state index is 0.214. The Bertz CT molecular complexity index is 412. The topological polar surface area (TPSA) is 17.1 Å². The molecule has 0 saturated carbocycles. The van der Waals surface area contributed by atoms with Gasteiger partial charge in [-0.15, -0.1) is 0 Å². The van der Waals surface area contributed by atoms with Gasteiger partial charge in [0.25, 0.3) is 0 Å². The average Bonchev–Trinajstić information content (AvgIpc) is 2.48. The summed E-state index contributed by atoms with van der Waals surface area (Å²) in [4.78, 5) is 10.9. The highest BCUT2D eigenvalue weighted by molar-refractivity contribution is 5.55. The summed E-state index contributed by atoms with van der Waals surface area (Å²) >= 11 is 0. The van der Waals surface area contributed by atoms with E-state index in [4.69, 9.17) is 0 Å². The first kappa shape index (κ1) is 12.3. The summed E-state index contributed by atoms with van der Waals surface area (Å²) in [5.74, 6) is 0.233. The van der Waals surface area contributed by atoms with Crippen molar-refractivity contribution in [2.24, 2.45) is 5.92 Å². The molecule has 0 unspecified atom stereocenters. The van der Waals surface area contributed by atoms with Crippen LogP contribution in [-0.2, 0) is 23.1 Å². The maximum absolute atomic E-state index is 10.9. The molecule has 1 aromatic rings. The third-order valence-corrected chi connectivity index (χ3v) is 3.77. The van der Waals surface area contributed by atoms with E-state index < -0.39 is 0 Å². The number of aryl methyl sites for hydroxylation is 1. The third kappa shape index (κ3) is 2.77. The van der Waals surface area contributed by atoms with Crippen LogP contribution < -0.4 is 0 Å². The van der Waals surface area contributed by atoms with Crippen LogP contribution in [0.25, 0.3) is 0 Å². The number of carbonyl (C=O) groups is 1. The molecule has 2 rings (SSSR count). The van der Waals surface area contributed by atoms with E-state index in [1.807, 2.05) is 0 Å². The molecular formula is C16H22O. The monoisotopic (exact) mass is 230 g/mol. The molecule has 0 fully saturated rings. The van der Waals surface area contributed by atoms with E-state index in [1.165, 1.54) is 16.7 Å². The normalized spacial score (nSPS) is 20.5. The van der Waals surface area contributed by atoms with Gasteiger partial charge in [-0.05, 0) is 47.8 Å². The Kier molecular flexibility index (Phi) is 3.37. The van der Waals surface area contributed by atoms with Gasteiger partial charge >= 0.3 is 0 Å². The van der Waals surface area contributed by atoms with Gasteiger partial charge in [-0.2, -0.15) is 0 Å². The molecular weight excluding hydrogens is 208 g/mol. The van der Waals surface area contributed by atoms with Gasteiger partial charge in [0.2, 0.25) is 0 Å². The Balaban J connectivity index is 2.34. The Labute approximate surface area is 104 Å². The fourth-order valence-electron chi connectivity index (χ4n) is 2.58. The molecule has 1 aliphatic carbocycles. The van der Waals surface area contributed by atoms with Gasteiger partial charge in [-0.1, -0.05) is 39.0 Å². The van der Waals surface area contributed by atoms with Crippen LogP contribution in [0.3, 0.4) is 0 Å². The van der Waals surface area contributed by atoms with Gasteiger partial charge in [0, 0.05) is 5.92 Å². The molecule has 0 amide bonds. The Hall–Kier alpha value is -1.11. The van der Waals surface area contributed by atoms with Crippen LogP contribution >= 0.6 is 0 Å². The number of hydrogen-bond acceptors (Lipinski definition) is 1. The fourth-order valence-corrected chi connectivity index (χ4v) is 2.58. The lowest BCUT2D eigenvalue weighted by atomic mass is 9.84. The molecule has 0 N–H and O–H groups in total. The van der Waals surface area contributed by atoms with E-state index >= 15 is 0 Å². The smallest absolute Gasteiger partial charge is 0.123 e. The highest BCUT2D eigenvalue weighted by Crippen LogP contribution is 2.29. The standard InChI is InChI=1S/C16H22O/c1-16(2,3)15-8-7-14-9-12(11-17)5-4-6-13(14)10-15/h7-8,10-12H,4-6,9H2,1-3H3/t12-/m1/s1. The molecule has 0 aromatic heterocycles. The molecule has 0 heterocycles. The first-order chi connectivity index (χ1) is 8.00. The second-order valence-electron chi connectivity index (χ2n) is 6.23. The van der Waals surface area contributed by atoms with Gasteiger partial charge in [0.15, 0.2) is 0 Å². The number of hydrogen-bond donors (Lipinski definition) is 0. The van der Waals surface area contributed by atoms with Gasteiger partial charge in [-0.3, -0.25) is 0 Å². The molecule has 1 atom stereocenters. The van der Waals surface area contributed by atoms with Crippen molar-refractivity contribution in [2.45, 2.75) is 51.9 Å². The molecule has 0 bridgehead atoms. The van der Waals surface area contributed by atoms with Crippen molar-refractivity contribution < 1.29 is 4.79 Å². The van der Waals surface area contributed by atoms with Crippen molar-refractivity contribution in [1.29, 1.82) is 0 Å². The summed E-state index contributed by atoms with van der Waals surface area (Å²) in [6.45, 7) is 6.75. The van der Waals surface area contributed by atoms with Gasteiger partial charge < -0.3 is 4.79 Å². The van der Waals surface area contributed by atoms with E-state index in [-0.39, 0.29) is 11.3 Å². The van der Waals surface area contributed by atoms with E-state index in [9.17, 15) is 4.79 Å². The molecule has 0 saturated heterocycles. The van der Waals surface area contributed by atoms with Gasteiger partial charge in [-0.25, -0.2) is 0 Å². The highest BCUT2D eigenvalue weighted by Gasteiger charge is 2.19. The summed E-state index contributed by atoms with van der Waals surface area (Å²) in [5.41, 5.74) is 4.46. The zero-order valence-electron chi connectivity index (χ0n) is 11.1. The quantitative estimate of drug-likeness (QED) is 0.531. The molecule has 1 nitrogen and oxygen atoms in total. The lowest BCUT2D eigenvalue weighted by Gasteiger charge is -2.21. The molecule has 0 spiro atoms. The van der Waals surface area contributed by atoms with Crippen LogP contribution in [-0.4, -0.2) is 6.29 Å². The predicted octanol–water partition coefficient (Wildman–Crippen LogP) is 3.68. The minimum Gasteiger partial charge on any atom is -0.303 e. The van der Waals surface area contributed by atoms with E-state index in [2.05, 4.69) is 39.0 Å². The van der Waals surface area contributed by atoms with Crippen molar-refractivity contribution in [3.05, 3.63) is 34.9 Å². The van der Waals surface area contributed by atoms with Crippen molar-refractivity contribution in [2.75, 3.05) is 0 Å². The summed E-state index contributed by atoms with van der Waals surface area (Å²) in [5, 5.41) is 0. The van der Waals surface area contributed by atoms with Crippen molar-refractivity contribution in [3.8, 4) is 0 Å². The molecule has 1 aliphatic rings. The van der Waals surface area contributed by atoms with Gasteiger partial charge in [0.05, 0.1) is 0 Å². The molecule has 1 aromatic carbocycles. The fraction of sp³-hybridized carbons (Fsp3) is 0.562. The number of fused-ring (bicyclic) bond motifs is 1. The molecule has 92 valence electrons. The predicted molar refractivity (Wildman–Crippen MR) is 71.3 cm³/mol.